The molecule has 0 saturated heterocycles. The van der Waals surface area contributed by atoms with Crippen LogP contribution in [0, 0.1) is 26.2 Å². The van der Waals surface area contributed by atoms with Crippen molar-refractivity contribution in [2.45, 2.75) is 73.5 Å². The average Bonchev–Trinajstić information content (AvgIpc) is 3.47. The number of carbonyl (C=O) groups is 1. The molecule has 1 unspecified atom stereocenters. The highest BCUT2D eigenvalue weighted by atomic mass is 32.1. The number of benzene rings is 1. The van der Waals surface area contributed by atoms with Crippen LogP contribution in [0.5, 0.6) is 0 Å². The van der Waals surface area contributed by atoms with Crippen molar-refractivity contribution in [2.75, 3.05) is 6.67 Å². The molecule has 1 amide bonds. The van der Waals surface area contributed by atoms with E-state index in [2.05, 4.69) is 94.3 Å². The summed E-state index contributed by atoms with van der Waals surface area (Å²) in [5.41, 5.74) is 12.8. The average molecular weight is 585 g/mol. The number of thiophene rings is 1. The minimum absolute atomic E-state index is 0.00281. The number of allylic oxidation sites excluding steroid dienone is 3. The van der Waals surface area contributed by atoms with Crippen molar-refractivity contribution >= 4 is 41.2 Å². The monoisotopic (exact) mass is 584 g/mol. The number of hydrogen-bond acceptors (Lipinski definition) is 7. The second-order valence-electron chi connectivity index (χ2n) is 9.59. The molecule has 7 nitrogen and oxygen atoms in total. The van der Waals surface area contributed by atoms with E-state index in [-0.39, 0.29) is 11.9 Å². The second-order valence-corrected chi connectivity index (χ2v) is 10.8. The summed E-state index contributed by atoms with van der Waals surface area (Å²) >= 11 is 1.76. The molecule has 4 rings (SSSR count). The number of aryl methyl sites for hydroxylation is 2. The van der Waals surface area contributed by atoms with Crippen LogP contribution in [0.15, 0.2) is 74.7 Å². The number of nitrogens with two attached hydrogens (primary N) is 1. The topological polar surface area (TPSA) is 104 Å². The lowest BCUT2D eigenvalue weighted by atomic mass is 9.93. The van der Waals surface area contributed by atoms with E-state index in [0.29, 0.717) is 25.5 Å². The van der Waals surface area contributed by atoms with Gasteiger partial charge in [0.2, 0.25) is 5.91 Å². The van der Waals surface area contributed by atoms with Gasteiger partial charge < -0.3 is 11.1 Å². The minimum atomic E-state index is 0.00281. The maximum atomic E-state index is 12.2. The molecular weight excluding hydrogens is 540 g/mol. The normalized spacial score (nSPS) is 15.6. The Hall–Kier alpha value is -4.06. The van der Waals surface area contributed by atoms with Gasteiger partial charge in [0.25, 0.3) is 0 Å². The van der Waals surface area contributed by atoms with E-state index in [0.717, 1.165) is 29.7 Å². The van der Waals surface area contributed by atoms with E-state index in [4.69, 9.17) is 5.73 Å². The molecule has 0 fully saturated rings. The third-order valence-corrected chi connectivity index (χ3v) is 7.52. The lowest BCUT2D eigenvalue weighted by Crippen LogP contribution is -2.28. The van der Waals surface area contributed by atoms with E-state index in [1.807, 2.05) is 26.8 Å². The van der Waals surface area contributed by atoms with Crippen LogP contribution in [0.25, 0.3) is 5.57 Å². The highest BCUT2D eigenvalue weighted by Gasteiger charge is 2.22. The molecule has 8 heteroatoms. The van der Waals surface area contributed by atoms with Crippen LogP contribution in [-0.2, 0) is 17.9 Å². The zero-order valence-corrected chi connectivity index (χ0v) is 26.5. The zero-order chi connectivity index (χ0) is 30.9. The summed E-state index contributed by atoms with van der Waals surface area (Å²) in [6.07, 6.45) is 15.4. The Morgan fingerprint density at radius 1 is 1.21 bits per heavy atom. The smallest absolute Gasteiger partial charge is 0.224 e. The Balaban J connectivity index is 0.00000116. The van der Waals surface area contributed by atoms with Gasteiger partial charge in [-0.1, -0.05) is 44.2 Å². The molecule has 2 heterocycles. The van der Waals surface area contributed by atoms with Gasteiger partial charge >= 0.3 is 0 Å². The Kier molecular flexibility index (Phi) is 14.9. The van der Waals surface area contributed by atoms with Gasteiger partial charge in [-0.2, -0.15) is 0 Å². The van der Waals surface area contributed by atoms with Gasteiger partial charge in [0.05, 0.1) is 12.7 Å². The number of amidine groups is 1. The number of nitrogens with zero attached hydrogens (tertiary/aromatic N) is 3. The van der Waals surface area contributed by atoms with E-state index in [1.165, 1.54) is 26.5 Å². The zero-order valence-electron chi connectivity index (χ0n) is 25.7. The SMILES string of the molecule is C#CC.CC.CC(/C=N\CNCc1ccc(C2=CCC3N=CN=C(N)C3=C2)s1)=C/CC(=O)NCc1ccc(C)c(C)c1. The van der Waals surface area contributed by atoms with Gasteiger partial charge in [-0.25, -0.2) is 4.99 Å². The number of carbonyl (C=O) groups excluding carboxylic acids is 1. The molecule has 2 aromatic rings. The Morgan fingerprint density at radius 2 is 1.98 bits per heavy atom. The van der Waals surface area contributed by atoms with Gasteiger partial charge in [-0.15, -0.1) is 23.7 Å². The van der Waals surface area contributed by atoms with Gasteiger partial charge in [0.1, 0.15) is 12.2 Å². The van der Waals surface area contributed by atoms with Gasteiger partial charge in [0.15, 0.2) is 0 Å². The quantitative estimate of drug-likeness (QED) is 0.174. The summed E-state index contributed by atoms with van der Waals surface area (Å²) in [7, 11) is 0. The molecule has 222 valence electrons. The second kappa shape index (κ2) is 18.4. The summed E-state index contributed by atoms with van der Waals surface area (Å²) in [6, 6.07) is 10.6. The van der Waals surface area contributed by atoms with Crippen LogP contribution in [0.4, 0.5) is 0 Å². The van der Waals surface area contributed by atoms with E-state index >= 15 is 0 Å². The van der Waals surface area contributed by atoms with Crippen molar-refractivity contribution in [3.63, 3.8) is 0 Å². The highest BCUT2D eigenvalue weighted by molar-refractivity contribution is 7.13. The molecule has 0 bridgehead atoms. The first-order valence-electron chi connectivity index (χ1n) is 14.2. The first kappa shape index (κ1) is 34.1. The van der Waals surface area contributed by atoms with E-state index in [1.54, 1.807) is 30.8 Å². The predicted octanol–water partition coefficient (Wildman–Crippen LogP) is 6.28. The maximum Gasteiger partial charge on any atom is 0.224 e. The van der Waals surface area contributed by atoms with Crippen molar-refractivity contribution in [3.05, 3.63) is 86.2 Å². The summed E-state index contributed by atoms with van der Waals surface area (Å²) in [5, 5.41) is 6.32. The van der Waals surface area contributed by atoms with Crippen LogP contribution in [0.3, 0.4) is 0 Å². The molecule has 0 saturated carbocycles. The summed E-state index contributed by atoms with van der Waals surface area (Å²) in [6.45, 7) is 13.6. The van der Waals surface area contributed by atoms with Gasteiger partial charge in [0, 0.05) is 41.1 Å². The van der Waals surface area contributed by atoms with Gasteiger partial charge in [-0.3, -0.25) is 20.1 Å². The standard InChI is InChI=1S/C29H34N6OS.C3H4.C2H6/c1-19(4-11-28(36)33-15-22-6-5-20(2)21(3)12-22)14-31-17-32-16-24-8-10-27(37-24)23-7-9-26-25(13-23)29(30)35-18-34-26;1-3-2;1-2/h4-8,10,12-14,18,26,32H,9,11,15-17H2,1-3H3,(H,33,36)(H2,30,34,35);1H,2H3;1-2H3/b19-4-,31-14-;;. The maximum absolute atomic E-state index is 12.2. The third-order valence-electron chi connectivity index (χ3n) is 6.38. The van der Waals surface area contributed by atoms with Crippen LogP contribution in [0.2, 0.25) is 0 Å². The van der Waals surface area contributed by atoms with E-state index in [9.17, 15) is 4.79 Å². The number of rotatable bonds is 10. The van der Waals surface area contributed by atoms with Crippen LogP contribution < -0.4 is 16.4 Å². The summed E-state index contributed by atoms with van der Waals surface area (Å²) in [4.78, 5) is 27.6. The van der Waals surface area contributed by atoms with Crippen molar-refractivity contribution in [2.24, 2.45) is 20.7 Å². The number of hydrogen-bond donors (Lipinski definition) is 3. The number of amides is 1. The largest absolute Gasteiger partial charge is 0.383 e. The van der Waals surface area contributed by atoms with E-state index < -0.39 is 0 Å². The molecule has 1 aromatic carbocycles. The lowest BCUT2D eigenvalue weighted by Gasteiger charge is -2.21. The molecule has 42 heavy (non-hydrogen) atoms. The van der Waals surface area contributed by atoms with Crippen molar-refractivity contribution in [1.82, 2.24) is 10.6 Å². The molecular formula is C34H44N6OS. The lowest BCUT2D eigenvalue weighted by molar-refractivity contribution is -0.120. The van der Waals surface area contributed by atoms with Crippen LogP contribution in [-0.4, -0.2) is 37.0 Å². The third kappa shape index (κ3) is 11.1. The first-order valence-corrected chi connectivity index (χ1v) is 15.1. The summed E-state index contributed by atoms with van der Waals surface area (Å²) < 4.78 is 0. The Morgan fingerprint density at radius 3 is 2.71 bits per heavy atom. The minimum Gasteiger partial charge on any atom is -0.383 e. The molecule has 1 aliphatic carbocycles. The molecule has 1 aliphatic heterocycles. The molecule has 0 spiro atoms. The molecule has 4 N–H and O–H groups in total. The van der Waals surface area contributed by atoms with Crippen molar-refractivity contribution in [3.8, 4) is 12.3 Å². The van der Waals surface area contributed by atoms with Gasteiger partial charge in [-0.05, 0) is 80.2 Å². The number of nitrogens with one attached hydrogen (secondary N) is 2. The Labute approximate surface area is 255 Å². The molecule has 1 atom stereocenters. The van der Waals surface area contributed by atoms with Crippen LogP contribution >= 0.6 is 11.3 Å². The van der Waals surface area contributed by atoms with Crippen molar-refractivity contribution in [1.29, 1.82) is 0 Å². The number of fused-ring (bicyclic) bond motifs is 1. The van der Waals surface area contributed by atoms with Crippen molar-refractivity contribution < 1.29 is 4.79 Å². The number of terminal acetylenes is 1. The predicted molar refractivity (Wildman–Crippen MR) is 181 cm³/mol. The fraction of sp³-hybridized carbons (Fsp3) is 0.353. The molecule has 2 aliphatic rings. The Bertz CT molecular complexity index is 1420. The fourth-order valence-electron chi connectivity index (χ4n) is 4.05. The highest BCUT2D eigenvalue weighted by Crippen LogP contribution is 2.32. The molecule has 1 aromatic heterocycles. The summed E-state index contributed by atoms with van der Waals surface area (Å²) in [5.74, 6) is 2.81. The first-order chi connectivity index (χ1) is 20.3. The fourth-order valence-corrected chi connectivity index (χ4v) is 5.04. The van der Waals surface area contributed by atoms with Crippen LogP contribution in [0.1, 0.15) is 67.0 Å². The molecule has 0 radical (unpaired) electrons. The number of aliphatic imine (C=N–C) groups is 3.